The van der Waals surface area contributed by atoms with E-state index in [9.17, 15) is 9.59 Å². The van der Waals surface area contributed by atoms with Gasteiger partial charge in [0.2, 0.25) is 11.8 Å². The maximum Gasteiger partial charge on any atom is 0.234 e. The number of anilines is 2. The average Bonchev–Trinajstić information content (AvgIpc) is 3.06. The van der Waals surface area contributed by atoms with Crippen LogP contribution < -0.4 is 10.6 Å². The molecule has 1 aromatic carbocycles. The quantitative estimate of drug-likeness (QED) is 0.825. The van der Waals surface area contributed by atoms with Gasteiger partial charge in [0.25, 0.3) is 0 Å². The second-order valence-electron chi connectivity index (χ2n) is 7.48. The number of aromatic nitrogens is 1. The van der Waals surface area contributed by atoms with Gasteiger partial charge in [-0.05, 0) is 25.5 Å². The van der Waals surface area contributed by atoms with Crippen molar-refractivity contribution in [1.29, 1.82) is 0 Å². The Morgan fingerprint density at radius 3 is 2.86 bits per heavy atom. The van der Waals surface area contributed by atoms with Gasteiger partial charge in [0.1, 0.15) is 0 Å². The molecule has 7 nitrogen and oxygen atoms in total. The molecule has 1 aromatic heterocycles. The molecule has 2 aliphatic heterocycles. The fraction of sp³-hybridized carbons (Fsp3) is 0.450. The van der Waals surface area contributed by atoms with Crippen LogP contribution in [0.3, 0.4) is 0 Å². The zero-order valence-corrected chi connectivity index (χ0v) is 16.8. The second-order valence-corrected chi connectivity index (χ2v) is 8.33. The number of fused-ring (bicyclic) bond motifs is 1. The molecule has 1 saturated heterocycles. The first-order valence-corrected chi connectivity index (χ1v) is 10.4. The molecule has 3 heterocycles. The molecule has 0 saturated carbocycles. The Morgan fingerprint density at radius 2 is 2.07 bits per heavy atom. The predicted molar refractivity (Wildman–Crippen MR) is 108 cm³/mol. The van der Waals surface area contributed by atoms with Crippen LogP contribution in [0.1, 0.15) is 37.4 Å². The van der Waals surface area contributed by atoms with E-state index in [1.807, 2.05) is 29.6 Å². The summed E-state index contributed by atoms with van der Waals surface area (Å²) in [6.07, 6.45) is 0.558. The van der Waals surface area contributed by atoms with E-state index in [4.69, 9.17) is 4.74 Å². The van der Waals surface area contributed by atoms with Crippen LogP contribution in [0.5, 0.6) is 0 Å². The van der Waals surface area contributed by atoms with E-state index in [1.165, 1.54) is 11.3 Å². The van der Waals surface area contributed by atoms with Crippen molar-refractivity contribution in [3.63, 3.8) is 0 Å². The molecule has 0 spiro atoms. The fourth-order valence-electron chi connectivity index (χ4n) is 3.92. The Balaban J connectivity index is 1.41. The number of morpholine rings is 1. The molecule has 8 heteroatoms. The van der Waals surface area contributed by atoms with Gasteiger partial charge in [0.15, 0.2) is 5.13 Å². The highest BCUT2D eigenvalue weighted by atomic mass is 32.1. The molecule has 3 unspecified atom stereocenters. The van der Waals surface area contributed by atoms with E-state index in [1.54, 1.807) is 0 Å². The van der Waals surface area contributed by atoms with Crippen LogP contribution in [0, 0.1) is 0 Å². The molecule has 2 aliphatic rings. The number of nitrogens with one attached hydrogen (secondary N) is 2. The molecule has 28 heavy (non-hydrogen) atoms. The highest BCUT2D eigenvalue weighted by Gasteiger charge is 2.31. The molecular formula is C20H24N4O3S. The Bertz CT molecular complexity index is 874. The number of hydrogen-bond donors (Lipinski definition) is 2. The third kappa shape index (κ3) is 4.24. The first kappa shape index (κ1) is 19.0. The highest BCUT2D eigenvalue weighted by Crippen LogP contribution is 2.33. The molecule has 1 fully saturated rings. The summed E-state index contributed by atoms with van der Waals surface area (Å²) >= 11 is 1.41. The van der Waals surface area contributed by atoms with Gasteiger partial charge in [0.05, 0.1) is 23.8 Å². The van der Waals surface area contributed by atoms with Crippen LogP contribution in [0.25, 0.3) is 0 Å². The number of carbonyl (C=O) groups excluding carboxylic acids is 2. The Labute approximate surface area is 168 Å². The van der Waals surface area contributed by atoms with Gasteiger partial charge in [-0.3, -0.25) is 14.5 Å². The summed E-state index contributed by atoms with van der Waals surface area (Å²) in [7, 11) is 0. The molecule has 148 valence electrons. The lowest BCUT2D eigenvalue weighted by Crippen LogP contribution is -2.44. The lowest BCUT2D eigenvalue weighted by atomic mass is 9.90. The summed E-state index contributed by atoms with van der Waals surface area (Å²) in [6.45, 7) is 6.63. The van der Waals surface area contributed by atoms with Gasteiger partial charge in [-0.25, -0.2) is 4.98 Å². The smallest absolute Gasteiger partial charge is 0.234 e. The van der Waals surface area contributed by atoms with E-state index in [-0.39, 0.29) is 30.4 Å². The van der Waals surface area contributed by atoms with Gasteiger partial charge in [-0.1, -0.05) is 18.2 Å². The molecule has 4 rings (SSSR count). The third-order valence-corrected chi connectivity index (χ3v) is 5.79. The van der Waals surface area contributed by atoms with E-state index < -0.39 is 5.92 Å². The number of benzene rings is 1. The number of thiazole rings is 1. The van der Waals surface area contributed by atoms with E-state index in [2.05, 4.69) is 34.4 Å². The Kier molecular flexibility index (Phi) is 5.43. The van der Waals surface area contributed by atoms with Crippen molar-refractivity contribution >= 4 is 34.0 Å². The molecule has 3 atom stereocenters. The lowest BCUT2D eigenvalue weighted by molar-refractivity contribution is -0.123. The summed E-state index contributed by atoms with van der Waals surface area (Å²) < 4.78 is 5.77. The minimum Gasteiger partial charge on any atom is -0.373 e. The van der Waals surface area contributed by atoms with Crippen LogP contribution >= 0.6 is 11.3 Å². The van der Waals surface area contributed by atoms with Crippen molar-refractivity contribution in [3.05, 3.63) is 40.9 Å². The molecule has 2 aromatic rings. The number of para-hydroxylation sites is 1. The summed E-state index contributed by atoms with van der Waals surface area (Å²) in [5.74, 6) is -0.843. The SMILES string of the molecule is CC1CN(Cc2csc(NC(=O)C3CC(=O)Nc4ccccc43)n2)CC(C)O1. The fourth-order valence-corrected chi connectivity index (χ4v) is 4.62. The van der Waals surface area contributed by atoms with Gasteiger partial charge in [0, 0.05) is 37.1 Å². The zero-order chi connectivity index (χ0) is 19.7. The van der Waals surface area contributed by atoms with Crippen LogP contribution in [0.4, 0.5) is 10.8 Å². The molecule has 0 bridgehead atoms. The van der Waals surface area contributed by atoms with Crippen LogP contribution in [-0.2, 0) is 20.9 Å². The largest absolute Gasteiger partial charge is 0.373 e. The maximum atomic E-state index is 12.8. The number of hydrogen-bond acceptors (Lipinski definition) is 6. The third-order valence-electron chi connectivity index (χ3n) is 4.98. The van der Waals surface area contributed by atoms with Crippen molar-refractivity contribution in [2.45, 2.75) is 44.9 Å². The summed E-state index contributed by atoms with van der Waals surface area (Å²) in [5, 5.41) is 8.25. The van der Waals surface area contributed by atoms with Crippen molar-refractivity contribution in [2.24, 2.45) is 0 Å². The second kappa shape index (κ2) is 7.98. The molecular weight excluding hydrogens is 376 g/mol. The van der Waals surface area contributed by atoms with Crippen molar-refractivity contribution in [2.75, 3.05) is 23.7 Å². The van der Waals surface area contributed by atoms with Crippen LogP contribution in [0.2, 0.25) is 0 Å². The van der Waals surface area contributed by atoms with E-state index in [0.29, 0.717) is 10.8 Å². The van der Waals surface area contributed by atoms with Gasteiger partial charge >= 0.3 is 0 Å². The van der Waals surface area contributed by atoms with E-state index in [0.717, 1.165) is 30.9 Å². The Morgan fingerprint density at radius 1 is 1.32 bits per heavy atom. The summed E-state index contributed by atoms with van der Waals surface area (Å²) in [6, 6.07) is 7.42. The van der Waals surface area contributed by atoms with Crippen molar-refractivity contribution < 1.29 is 14.3 Å². The van der Waals surface area contributed by atoms with Crippen molar-refractivity contribution in [3.8, 4) is 0 Å². The monoisotopic (exact) mass is 400 g/mol. The average molecular weight is 401 g/mol. The number of amides is 2. The highest BCUT2D eigenvalue weighted by molar-refractivity contribution is 7.13. The van der Waals surface area contributed by atoms with Crippen LogP contribution in [0.15, 0.2) is 29.6 Å². The minimum atomic E-state index is -0.502. The first-order chi connectivity index (χ1) is 13.5. The van der Waals surface area contributed by atoms with Gasteiger partial charge in [-0.2, -0.15) is 0 Å². The summed E-state index contributed by atoms with van der Waals surface area (Å²) in [5.41, 5.74) is 2.48. The molecule has 2 amide bonds. The van der Waals surface area contributed by atoms with Gasteiger partial charge in [-0.15, -0.1) is 11.3 Å². The molecule has 0 aliphatic carbocycles. The molecule has 0 radical (unpaired) electrons. The predicted octanol–water partition coefficient (Wildman–Crippen LogP) is 2.82. The zero-order valence-electron chi connectivity index (χ0n) is 16.0. The first-order valence-electron chi connectivity index (χ1n) is 9.50. The van der Waals surface area contributed by atoms with Crippen molar-refractivity contribution in [1.82, 2.24) is 9.88 Å². The molecule has 2 N–H and O–H groups in total. The normalized spacial score (nSPS) is 25.1. The number of rotatable bonds is 4. The number of ether oxygens (including phenoxy) is 1. The minimum absolute atomic E-state index is 0.143. The number of carbonyl (C=O) groups is 2. The number of nitrogens with zero attached hydrogens (tertiary/aromatic N) is 2. The maximum absolute atomic E-state index is 12.8. The standard InChI is InChI=1S/C20H24N4O3S/c1-12-8-24(9-13(2)27-12)10-14-11-28-20(21-14)23-19(26)16-7-18(25)22-17-6-4-3-5-15(16)17/h3-6,11-13,16H,7-10H2,1-2H3,(H,22,25)(H,21,23,26). The lowest BCUT2D eigenvalue weighted by Gasteiger charge is -2.34. The van der Waals surface area contributed by atoms with Gasteiger partial charge < -0.3 is 15.4 Å². The van der Waals surface area contributed by atoms with Crippen LogP contribution in [-0.4, -0.2) is 47.0 Å². The Hall–Kier alpha value is -2.29. The topological polar surface area (TPSA) is 83.6 Å². The van der Waals surface area contributed by atoms with E-state index >= 15 is 0 Å². The summed E-state index contributed by atoms with van der Waals surface area (Å²) in [4.78, 5) is 31.6.